The van der Waals surface area contributed by atoms with Crippen molar-refractivity contribution in [1.82, 2.24) is 9.97 Å². The Bertz CT molecular complexity index is 754. The molecule has 0 spiro atoms. The minimum absolute atomic E-state index is 0.721. The third-order valence-electron chi connectivity index (χ3n) is 3.09. The molecule has 0 saturated heterocycles. The molecule has 0 unspecified atom stereocenters. The average Bonchev–Trinajstić information content (AvgIpc) is 2.47. The number of rotatable bonds is 2. The van der Waals surface area contributed by atoms with Crippen molar-refractivity contribution in [2.24, 2.45) is 0 Å². The van der Waals surface area contributed by atoms with Crippen LogP contribution in [0.3, 0.4) is 0 Å². The van der Waals surface area contributed by atoms with Crippen molar-refractivity contribution >= 4 is 32.8 Å². The van der Waals surface area contributed by atoms with E-state index < -0.39 is 0 Å². The van der Waals surface area contributed by atoms with E-state index in [2.05, 4.69) is 39.1 Å². The Labute approximate surface area is 126 Å². The standard InChI is InChI=1S/C16H14BrN3/c1-20(2)16-18-14-9-8-12(17)10-13(14)15(19-16)11-6-4-3-5-7-11/h3-10H,1-2H3. The molecule has 3 rings (SSSR count). The molecular formula is C16H14BrN3. The van der Waals surface area contributed by atoms with Gasteiger partial charge in [0.2, 0.25) is 5.95 Å². The van der Waals surface area contributed by atoms with Gasteiger partial charge in [-0.05, 0) is 18.2 Å². The van der Waals surface area contributed by atoms with E-state index in [4.69, 9.17) is 4.98 Å². The highest BCUT2D eigenvalue weighted by Crippen LogP contribution is 2.29. The van der Waals surface area contributed by atoms with Gasteiger partial charge in [0.15, 0.2) is 0 Å². The van der Waals surface area contributed by atoms with Gasteiger partial charge in [-0.15, -0.1) is 0 Å². The summed E-state index contributed by atoms with van der Waals surface area (Å²) in [4.78, 5) is 11.2. The summed E-state index contributed by atoms with van der Waals surface area (Å²) >= 11 is 3.52. The lowest BCUT2D eigenvalue weighted by Crippen LogP contribution is -2.13. The maximum atomic E-state index is 4.71. The van der Waals surface area contributed by atoms with Gasteiger partial charge in [-0.2, -0.15) is 0 Å². The number of anilines is 1. The number of halogens is 1. The number of aromatic nitrogens is 2. The Kier molecular flexibility index (Phi) is 3.40. The van der Waals surface area contributed by atoms with Crippen molar-refractivity contribution in [2.75, 3.05) is 19.0 Å². The highest BCUT2D eigenvalue weighted by molar-refractivity contribution is 9.10. The molecule has 0 aliphatic rings. The monoisotopic (exact) mass is 327 g/mol. The first-order chi connectivity index (χ1) is 9.65. The highest BCUT2D eigenvalue weighted by atomic mass is 79.9. The van der Waals surface area contributed by atoms with Crippen LogP contribution in [0.5, 0.6) is 0 Å². The molecule has 0 aliphatic heterocycles. The van der Waals surface area contributed by atoms with Gasteiger partial charge < -0.3 is 4.90 Å². The number of hydrogen-bond donors (Lipinski definition) is 0. The first-order valence-electron chi connectivity index (χ1n) is 6.35. The third-order valence-corrected chi connectivity index (χ3v) is 3.59. The maximum absolute atomic E-state index is 4.71. The predicted molar refractivity (Wildman–Crippen MR) is 87.0 cm³/mol. The zero-order chi connectivity index (χ0) is 14.1. The van der Waals surface area contributed by atoms with Crippen LogP contribution >= 0.6 is 15.9 Å². The summed E-state index contributed by atoms with van der Waals surface area (Å²) in [6, 6.07) is 16.3. The summed E-state index contributed by atoms with van der Waals surface area (Å²) < 4.78 is 1.03. The van der Waals surface area contributed by atoms with Crippen molar-refractivity contribution in [2.45, 2.75) is 0 Å². The van der Waals surface area contributed by atoms with Crippen molar-refractivity contribution in [3.05, 3.63) is 53.0 Å². The first kappa shape index (κ1) is 13.1. The van der Waals surface area contributed by atoms with Gasteiger partial charge in [-0.1, -0.05) is 46.3 Å². The van der Waals surface area contributed by atoms with Crippen molar-refractivity contribution in [3.8, 4) is 11.3 Å². The van der Waals surface area contributed by atoms with Crippen molar-refractivity contribution in [3.63, 3.8) is 0 Å². The maximum Gasteiger partial charge on any atom is 0.225 e. The Morgan fingerprint density at radius 3 is 2.40 bits per heavy atom. The molecule has 0 radical (unpaired) electrons. The van der Waals surface area contributed by atoms with Gasteiger partial charge in [0.25, 0.3) is 0 Å². The molecule has 3 aromatic rings. The SMILES string of the molecule is CN(C)c1nc(-c2ccccc2)c2cc(Br)ccc2n1. The highest BCUT2D eigenvalue weighted by Gasteiger charge is 2.11. The summed E-state index contributed by atoms with van der Waals surface area (Å²) in [5.41, 5.74) is 3.01. The van der Waals surface area contributed by atoms with E-state index in [1.54, 1.807) is 0 Å². The molecule has 20 heavy (non-hydrogen) atoms. The summed E-state index contributed by atoms with van der Waals surface area (Å²) in [6.07, 6.45) is 0. The van der Waals surface area contributed by atoms with Crippen molar-refractivity contribution in [1.29, 1.82) is 0 Å². The molecule has 4 heteroatoms. The number of fused-ring (bicyclic) bond motifs is 1. The minimum Gasteiger partial charge on any atom is -0.347 e. The number of nitrogens with zero attached hydrogens (tertiary/aromatic N) is 3. The van der Waals surface area contributed by atoms with Crippen LogP contribution in [-0.4, -0.2) is 24.1 Å². The smallest absolute Gasteiger partial charge is 0.225 e. The molecule has 0 bridgehead atoms. The summed E-state index contributed by atoms with van der Waals surface area (Å²) in [5, 5.41) is 1.05. The van der Waals surface area contributed by atoms with E-state index in [0.717, 1.165) is 32.6 Å². The number of benzene rings is 2. The van der Waals surface area contributed by atoms with Gasteiger partial charge in [0.05, 0.1) is 11.2 Å². The molecule has 1 heterocycles. The Morgan fingerprint density at radius 2 is 1.70 bits per heavy atom. The fourth-order valence-electron chi connectivity index (χ4n) is 2.10. The van der Waals surface area contributed by atoms with Crippen LogP contribution < -0.4 is 4.90 Å². The van der Waals surface area contributed by atoms with E-state index in [1.165, 1.54) is 0 Å². The number of hydrogen-bond acceptors (Lipinski definition) is 3. The summed E-state index contributed by atoms with van der Waals surface area (Å²) in [6.45, 7) is 0. The predicted octanol–water partition coefficient (Wildman–Crippen LogP) is 4.13. The van der Waals surface area contributed by atoms with E-state index in [9.17, 15) is 0 Å². The zero-order valence-corrected chi connectivity index (χ0v) is 12.9. The molecular weight excluding hydrogens is 314 g/mol. The topological polar surface area (TPSA) is 29.0 Å². The lowest BCUT2D eigenvalue weighted by Gasteiger charge is -2.14. The van der Waals surface area contributed by atoms with Crippen LogP contribution in [0.15, 0.2) is 53.0 Å². The van der Waals surface area contributed by atoms with Gasteiger partial charge in [0, 0.05) is 29.5 Å². The Balaban J connectivity index is 2.35. The van der Waals surface area contributed by atoms with Crippen LogP contribution in [-0.2, 0) is 0 Å². The molecule has 1 aromatic heterocycles. The minimum atomic E-state index is 0.721. The molecule has 0 fully saturated rings. The lowest BCUT2D eigenvalue weighted by molar-refractivity contribution is 1.02. The molecule has 0 atom stereocenters. The largest absolute Gasteiger partial charge is 0.347 e. The second-order valence-corrected chi connectivity index (χ2v) is 5.71. The second-order valence-electron chi connectivity index (χ2n) is 4.79. The average molecular weight is 328 g/mol. The molecule has 3 nitrogen and oxygen atoms in total. The molecule has 0 aliphatic carbocycles. The molecule has 100 valence electrons. The second kappa shape index (κ2) is 5.21. The molecule has 0 amide bonds. The van der Waals surface area contributed by atoms with E-state index in [-0.39, 0.29) is 0 Å². The van der Waals surface area contributed by atoms with Crippen LogP contribution in [0.25, 0.3) is 22.2 Å². The molecule has 0 N–H and O–H groups in total. The fraction of sp³-hybridized carbons (Fsp3) is 0.125. The Hall–Kier alpha value is -1.94. The van der Waals surface area contributed by atoms with Gasteiger partial charge in [-0.25, -0.2) is 9.97 Å². The Morgan fingerprint density at radius 1 is 0.950 bits per heavy atom. The van der Waals surface area contributed by atoms with E-state index in [0.29, 0.717) is 0 Å². The molecule has 2 aromatic carbocycles. The van der Waals surface area contributed by atoms with Gasteiger partial charge >= 0.3 is 0 Å². The first-order valence-corrected chi connectivity index (χ1v) is 7.14. The van der Waals surface area contributed by atoms with Crippen LogP contribution in [0, 0.1) is 0 Å². The quantitative estimate of drug-likeness (QED) is 0.708. The van der Waals surface area contributed by atoms with Crippen LogP contribution in [0.1, 0.15) is 0 Å². The van der Waals surface area contributed by atoms with Gasteiger partial charge in [0.1, 0.15) is 0 Å². The van der Waals surface area contributed by atoms with E-state index >= 15 is 0 Å². The van der Waals surface area contributed by atoms with Crippen LogP contribution in [0.2, 0.25) is 0 Å². The van der Waals surface area contributed by atoms with Crippen LogP contribution in [0.4, 0.5) is 5.95 Å². The zero-order valence-electron chi connectivity index (χ0n) is 11.3. The fourth-order valence-corrected chi connectivity index (χ4v) is 2.47. The summed E-state index contributed by atoms with van der Waals surface area (Å²) in [7, 11) is 3.91. The third kappa shape index (κ3) is 2.39. The lowest BCUT2D eigenvalue weighted by atomic mass is 10.1. The van der Waals surface area contributed by atoms with E-state index in [1.807, 2.05) is 49.3 Å². The normalized spacial score (nSPS) is 10.8. The summed E-state index contributed by atoms with van der Waals surface area (Å²) in [5.74, 6) is 0.721. The van der Waals surface area contributed by atoms with Gasteiger partial charge in [-0.3, -0.25) is 0 Å². The molecule has 0 saturated carbocycles. The van der Waals surface area contributed by atoms with Crippen molar-refractivity contribution < 1.29 is 0 Å².